The molecule has 9 heteroatoms. The predicted octanol–water partition coefficient (Wildman–Crippen LogP) is 4.35. The Morgan fingerprint density at radius 3 is 2.25 bits per heavy atom. The van der Waals surface area contributed by atoms with Crippen molar-refractivity contribution in [3.8, 4) is 5.75 Å². The summed E-state index contributed by atoms with van der Waals surface area (Å²) >= 11 is 1.24. The van der Waals surface area contributed by atoms with Crippen molar-refractivity contribution in [3.63, 3.8) is 0 Å². The lowest BCUT2D eigenvalue weighted by Gasteiger charge is -2.14. The smallest absolute Gasteiger partial charge is 0.387 e. The maximum atomic E-state index is 12.6. The summed E-state index contributed by atoms with van der Waals surface area (Å²) in [5.41, 5.74) is 1.05. The summed E-state index contributed by atoms with van der Waals surface area (Å²) in [4.78, 5) is 37.2. The van der Waals surface area contributed by atoms with Gasteiger partial charge >= 0.3 is 12.6 Å². The fourth-order valence-electron chi connectivity index (χ4n) is 2.43. The number of ketones is 1. The lowest BCUT2D eigenvalue weighted by atomic mass is 10.1. The van der Waals surface area contributed by atoms with Gasteiger partial charge in [-0.2, -0.15) is 8.78 Å². The van der Waals surface area contributed by atoms with Crippen LogP contribution in [0.15, 0.2) is 24.3 Å². The number of benzene rings is 1. The van der Waals surface area contributed by atoms with Crippen LogP contribution in [0, 0.1) is 13.8 Å². The lowest BCUT2D eigenvalue weighted by Crippen LogP contribution is -2.25. The van der Waals surface area contributed by atoms with E-state index in [0.29, 0.717) is 10.6 Å². The molecule has 1 aromatic carbocycles. The van der Waals surface area contributed by atoms with Crippen molar-refractivity contribution in [2.45, 2.75) is 40.4 Å². The summed E-state index contributed by atoms with van der Waals surface area (Å²) in [5, 5.41) is 2.95. The number of nitrogens with one attached hydrogen (secondary N) is 1. The highest BCUT2D eigenvalue weighted by atomic mass is 32.1. The van der Waals surface area contributed by atoms with E-state index in [-0.39, 0.29) is 22.8 Å². The van der Waals surface area contributed by atoms with Gasteiger partial charge in [-0.05, 0) is 50.6 Å². The number of amides is 1. The minimum atomic E-state index is -2.96. The molecule has 28 heavy (non-hydrogen) atoms. The van der Waals surface area contributed by atoms with E-state index in [9.17, 15) is 23.2 Å². The number of hydrogen-bond acceptors (Lipinski definition) is 6. The Kier molecular flexibility index (Phi) is 6.85. The number of thiophene rings is 1. The number of carbonyl (C=O) groups excluding carboxylic acids is 3. The van der Waals surface area contributed by atoms with Crippen LogP contribution in [0.5, 0.6) is 5.75 Å². The van der Waals surface area contributed by atoms with E-state index < -0.39 is 24.5 Å². The summed E-state index contributed by atoms with van der Waals surface area (Å²) in [5.74, 6) is -1.64. The maximum absolute atomic E-state index is 12.6. The zero-order chi connectivity index (χ0) is 21.0. The van der Waals surface area contributed by atoms with Gasteiger partial charge in [0.1, 0.15) is 10.8 Å². The van der Waals surface area contributed by atoms with E-state index in [2.05, 4.69) is 10.1 Å². The molecule has 0 aliphatic rings. The first-order chi connectivity index (χ1) is 13.1. The van der Waals surface area contributed by atoms with E-state index in [1.165, 1.54) is 49.4 Å². The number of Topliss-reactive ketones (excluding diaryl/α,β-unsaturated/α-hetero) is 1. The first-order valence-corrected chi connectivity index (χ1v) is 9.09. The zero-order valence-corrected chi connectivity index (χ0v) is 16.5. The van der Waals surface area contributed by atoms with E-state index >= 15 is 0 Å². The number of carbonyl (C=O) groups is 3. The minimum Gasteiger partial charge on any atom is -0.451 e. The van der Waals surface area contributed by atoms with Gasteiger partial charge in [0.25, 0.3) is 0 Å². The number of esters is 1. The van der Waals surface area contributed by atoms with Crippen molar-refractivity contribution in [1.82, 2.24) is 0 Å². The van der Waals surface area contributed by atoms with Crippen molar-refractivity contribution in [2.75, 3.05) is 5.32 Å². The number of halogens is 2. The first-order valence-electron chi connectivity index (χ1n) is 8.27. The SMILES string of the molecule is CC(=O)Nc1sc(C)c(C)c1C(=O)O[C@@H](C)C(=O)c1ccc(OC(F)F)cc1. The third-order valence-corrected chi connectivity index (χ3v) is 5.02. The van der Waals surface area contributed by atoms with Crippen molar-refractivity contribution < 1.29 is 32.6 Å². The monoisotopic (exact) mass is 411 g/mol. The molecule has 0 aliphatic heterocycles. The van der Waals surface area contributed by atoms with Crippen LogP contribution in [-0.2, 0) is 9.53 Å². The Hall–Kier alpha value is -2.81. The molecule has 0 bridgehead atoms. The second-order valence-electron chi connectivity index (χ2n) is 5.98. The molecule has 0 radical (unpaired) electrons. The van der Waals surface area contributed by atoms with Gasteiger partial charge in [-0.1, -0.05) is 0 Å². The van der Waals surface area contributed by atoms with Crippen molar-refractivity contribution in [2.24, 2.45) is 0 Å². The standard InChI is InChI=1S/C19H19F2NO5S/c1-9-11(3)28-17(22-12(4)23)15(9)18(25)26-10(2)16(24)13-5-7-14(8-6-13)27-19(20)21/h5-8,10,19H,1-4H3,(H,22,23)/t10-/m0/s1. The van der Waals surface area contributed by atoms with Gasteiger partial charge in [0, 0.05) is 17.4 Å². The van der Waals surface area contributed by atoms with Crippen LogP contribution in [0.25, 0.3) is 0 Å². The molecule has 6 nitrogen and oxygen atoms in total. The topological polar surface area (TPSA) is 81.7 Å². The van der Waals surface area contributed by atoms with E-state index in [1.54, 1.807) is 13.8 Å². The molecule has 0 saturated carbocycles. The average molecular weight is 411 g/mol. The van der Waals surface area contributed by atoms with E-state index in [0.717, 1.165) is 4.88 Å². The Labute approximate surface area is 164 Å². The molecule has 2 aromatic rings. The minimum absolute atomic E-state index is 0.0829. The molecule has 0 spiro atoms. The van der Waals surface area contributed by atoms with Crippen LogP contribution in [0.1, 0.15) is 45.0 Å². The molecular formula is C19H19F2NO5S. The normalized spacial score (nSPS) is 11.8. The number of alkyl halides is 2. The number of aryl methyl sites for hydroxylation is 1. The molecule has 1 aromatic heterocycles. The molecule has 0 unspecified atom stereocenters. The number of ether oxygens (including phenoxy) is 2. The number of hydrogen-bond donors (Lipinski definition) is 1. The fourth-order valence-corrected chi connectivity index (χ4v) is 3.52. The zero-order valence-electron chi connectivity index (χ0n) is 15.7. The summed E-state index contributed by atoms with van der Waals surface area (Å²) < 4.78 is 33.9. The Balaban J connectivity index is 2.14. The highest BCUT2D eigenvalue weighted by Gasteiger charge is 2.26. The first kappa shape index (κ1) is 21.5. The molecule has 0 aliphatic carbocycles. The van der Waals surface area contributed by atoms with Crippen LogP contribution in [0.2, 0.25) is 0 Å². The second-order valence-corrected chi connectivity index (χ2v) is 7.21. The highest BCUT2D eigenvalue weighted by Crippen LogP contribution is 2.33. The molecule has 150 valence electrons. The van der Waals surface area contributed by atoms with Crippen LogP contribution < -0.4 is 10.1 Å². The molecule has 1 atom stereocenters. The van der Waals surface area contributed by atoms with Crippen LogP contribution in [-0.4, -0.2) is 30.4 Å². The molecular weight excluding hydrogens is 392 g/mol. The van der Waals surface area contributed by atoms with Crippen molar-refractivity contribution >= 4 is 34.0 Å². The summed E-state index contributed by atoms with van der Waals surface area (Å²) in [6, 6.07) is 5.09. The second kappa shape index (κ2) is 8.92. The Bertz CT molecular complexity index is 892. The van der Waals surface area contributed by atoms with Gasteiger partial charge in [0.2, 0.25) is 11.7 Å². The highest BCUT2D eigenvalue weighted by molar-refractivity contribution is 7.16. The fraction of sp³-hybridized carbons (Fsp3) is 0.316. The summed E-state index contributed by atoms with van der Waals surface area (Å²) in [7, 11) is 0. The molecule has 1 heterocycles. The van der Waals surface area contributed by atoms with E-state index in [4.69, 9.17) is 4.74 Å². The Morgan fingerprint density at radius 1 is 1.11 bits per heavy atom. The van der Waals surface area contributed by atoms with Gasteiger partial charge in [0.15, 0.2) is 6.10 Å². The average Bonchev–Trinajstić information content (AvgIpc) is 2.87. The van der Waals surface area contributed by atoms with Gasteiger partial charge in [0.05, 0.1) is 5.56 Å². The van der Waals surface area contributed by atoms with Gasteiger partial charge < -0.3 is 14.8 Å². The maximum Gasteiger partial charge on any atom is 0.387 e. The van der Waals surface area contributed by atoms with Crippen LogP contribution in [0.4, 0.5) is 13.8 Å². The van der Waals surface area contributed by atoms with Gasteiger partial charge in [-0.15, -0.1) is 11.3 Å². The predicted molar refractivity (Wildman–Crippen MR) is 100 cm³/mol. The van der Waals surface area contributed by atoms with Crippen LogP contribution in [0.3, 0.4) is 0 Å². The van der Waals surface area contributed by atoms with E-state index in [1.807, 2.05) is 0 Å². The van der Waals surface area contributed by atoms with Crippen molar-refractivity contribution in [3.05, 3.63) is 45.8 Å². The third-order valence-electron chi connectivity index (χ3n) is 3.90. The molecule has 2 rings (SSSR count). The lowest BCUT2D eigenvalue weighted by molar-refractivity contribution is -0.114. The van der Waals surface area contributed by atoms with Crippen molar-refractivity contribution in [1.29, 1.82) is 0 Å². The summed E-state index contributed by atoms with van der Waals surface area (Å²) in [6.07, 6.45) is -1.11. The van der Waals surface area contributed by atoms with Gasteiger partial charge in [-0.25, -0.2) is 4.79 Å². The number of anilines is 1. The van der Waals surface area contributed by atoms with Gasteiger partial charge in [-0.3, -0.25) is 9.59 Å². The quantitative estimate of drug-likeness (QED) is 0.541. The molecule has 0 saturated heterocycles. The Morgan fingerprint density at radius 2 is 1.71 bits per heavy atom. The summed E-state index contributed by atoms with van der Waals surface area (Å²) in [6.45, 7) is 3.31. The molecule has 1 N–H and O–H groups in total. The van der Waals surface area contributed by atoms with Crippen LogP contribution >= 0.6 is 11.3 Å². The number of rotatable bonds is 7. The third kappa shape index (κ3) is 5.13. The molecule has 1 amide bonds. The largest absolute Gasteiger partial charge is 0.451 e. The molecule has 0 fully saturated rings.